The summed E-state index contributed by atoms with van der Waals surface area (Å²) in [7, 11) is 0. The largest absolute Gasteiger partial charge is 0.455 e. The van der Waals surface area contributed by atoms with Crippen LogP contribution < -0.4 is 0 Å². The van der Waals surface area contributed by atoms with Crippen molar-refractivity contribution in [1.29, 1.82) is 0 Å². The van der Waals surface area contributed by atoms with Crippen LogP contribution in [0.3, 0.4) is 0 Å². The molecule has 1 heteroatoms. The van der Waals surface area contributed by atoms with Crippen LogP contribution in [0.15, 0.2) is 77.7 Å². The third kappa shape index (κ3) is 1.86. The Morgan fingerprint density at radius 2 is 1.52 bits per heavy atom. The molecule has 0 atom stereocenters. The lowest BCUT2D eigenvalue weighted by molar-refractivity contribution is 0.670. The second-order valence-electron chi connectivity index (χ2n) is 5.11. The van der Waals surface area contributed by atoms with Gasteiger partial charge in [0.15, 0.2) is 0 Å². The predicted octanol–water partition coefficient (Wildman–Crippen LogP) is 5.90. The van der Waals surface area contributed by atoms with Crippen LogP contribution in [0.25, 0.3) is 39.1 Å². The first-order valence-corrected chi connectivity index (χ1v) is 7.00. The van der Waals surface area contributed by atoms with Crippen molar-refractivity contribution in [2.45, 2.75) is 0 Å². The topological polar surface area (TPSA) is 13.1 Å². The van der Waals surface area contributed by atoms with E-state index in [1.165, 1.54) is 0 Å². The molecule has 0 fully saturated rings. The van der Waals surface area contributed by atoms with E-state index in [1.54, 1.807) is 0 Å². The maximum absolute atomic E-state index is 6.07. The minimum Gasteiger partial charge on any atom is -0.455 e. The average molecular weight is 270 g/mol. The van der Waals surface area contributed by atoms with E-state index in [2.05, 4.69) is 55.1 Å². The molecule has 0 unspecified atom stereocenters. The van der Waals surface area contributed by atoms with Crippen molar-refractivity contribution in [2.24, 2.45) is 0 Å². The lowest BCUT2D eigenvalue weighted by Crippen LogP contribution is -1.79. The lowest BCUT2D eigenvalue weighted by atomic mass is 10.0. The van der Waals surface area contributed by atoms with Crippen LogP contribution in [0.5, 0.6) is 0 Å². The molecule has 1 heterocycles. The maximum Gasteiger partial charge on any atom is 0.143 e. The lowest BCUT2D eigenvalue weighted by Gasteiger charge is -2.03. The summed E-state index contributed by atoms with van der Waals surface area (Å²) >= 11 is 0. The molecular weight excluding hydrogens is 256 g/mol. The van der Waals surface area contributed by atoms with Gasteiger partial charge in [-0.1, -0.05) is 73.3 Å². The molecule has 0 amide bonds. The molecule has 0 aliphatic rings. The van der Waals surface area contributed by atoms with Crippen molar-refractivity contribution in [2.75, 3.05) is 0 Å². The highest BCUT2D eigenvalue weighted by Crippen LogP contribution is 2.35. The van der Waals surface area contributed by atoms with Crippen LogP contribution in [-0.2, 0) is 0 Å². The zero-order valence-electron chi connectivity index (χ0n) is 11.5. The van der Waals surface area contributed by atoms with Crippen LogP contribution in [0.2, 0.25) is 0 Å². The molecule has 3 aromatic carbocycles. The van der Waals surface area contributed by atoms with E-state index in [4.69, 9.17) is 4.42 Å². The van der Waals surface area contributed by atoms with Gasteiger partial charge < -0.3 is 4.42 Å². The number of benzene rings is 3. The van der Waals surface area contributed by atoms with Gasteiger partial charge in [0, 0.05) is 16.3 Å². The van der Waals surface area contributed by atoms with E-state index in [-0.39, 0.29) is 0 Å². The molecule has 0 bridgehead atoms. The summed E-state index contributed by atoms with van der Waals surface area (Å²) in [6.45, 7) is 3.79. The quantitative estimate of drug-likeness (QED) is 0.442. The Bertz CT molecular complexity index is 943. The first kappa shape index (κ1) is 12.0. The van der Waals surface area contributed by atoms with E-state index in [1.807, 2.05) is 24.3 Å². The monoisotopic (exact) mass is 270 g/mol. The normalized spacial score (nSPS) is 11.0. The molecule has 0 spiro atoms. The minimum absolute atomic E-state index is 0.933. The second kappa shape index (κ2) is 4.64. The van der Waals surface area contributed by atoms with E-state index in [0.717, 1.165) is 38.6 Å². The Hall–Kier alpha value is -2.80. The van der Waals surface area contributed by atoms with Gasteiger partial charge in [-0.2, -0.15) is 0 Å². The first-order valence-electron chi connectivity index (χ1n) is 7.00. The second-order valence-corrected chi connectivity index (χ2v) is 5.11. The molecule has 0 saturated carbocycles. The van der Waals surface area contributed by atoms with Crippen molar-refractivity contribution in [3.05, 3.63) is 78.9 Å². The SMILES string of the molecule is C=Cc1ccc(-c2cccc3c2oc2ccccc23)cc1. The van der Waals surface area contributed by atoms with Crippen LogP contribution in [0, 0.1) is 0 Å². The molecule has 4 rings (SSSR count). The highest BCUT2D eigenvalue weighted by atomic mass is 16.3. The molecule has 0 aliphatic heterocycles. The summed E-state index contributed by atoms with van der Waals surface area (Å²) in [6.07, 6.45) is 1.85. The van der Waals surface area contributed by atoms with Gasteiger partial charge >= 0.3 is 0 Å². The van der Waals surface area contributed by atoms with E-state index in [0.29, 0.717) is 0 Å². The summed E-state index contributed by atoms with van der Waals surface area (Å²) in [6, 6.07) is 22.8. The Morgan fingerprint density at radius 3 is 2.33 bits per heavy atom. The summed E-state index contributed by atoms with van der Waals surface area (Å²) < 4.78 is 6.07. The van der Waals surface area contributed by atoms with Crippen LogP contribution in [-0.4, -0.2) is 0 Å². The Balaban J connectivity index is 2.01. The predicted molar refractivity (Wildman–Crippen MR) is 89.2 cm³/mol. The van der Waals surface area contributed by atoms with Gasteiger partial charge in [0.05, 0.1) is 0 Å². The molecule has 100 valence electrons. The van der Waals surface area contributed by atoms with Crippen molar-refractivity contribution in [3.63, 3.8) is 0 Å². The van der Waals surface area contributed by atoms with Crippen molar-refractivity contribution in [3.8, 4) is 11.1 Å². The summed E-state index contributed by atoms with van der Waals surface area (Å²) in [5.41, 5.74) is 5.29. The average Bonchev–Trinajstić information content (AvgIpc) is 2.94. The molecule has 1 nitrogen and oxygen atoms in total. The van der Waals surface area contributed by atoms with Crippen LogP contribution in [0.4, 0.5) is 0 Å². The highest BCUT2D eigenvalue weighted by Gasteiger charge is 2.11. The zero-order valence-corrected chi connectivity index (χ0v) is 11.5. The highest BCUT2D eigenvalue weighted by molar-refractivity contribution is 6.09. The number of hydrogen-bond donors (Lipinski definition) is 0. The number of para-hydroxylation sites is 2. The molecule has 0 radical (unpaired) electrons. The molecule has 0 saturated heterocycles. The molecule has 21 heavy (non-hydrogen) atoms. The van der Waals surface area contributed by atoms with Gasteiger partial charge in [0.1, 0.15) is 11.2 Å². The van der Waals surface area contributed by atoms with Gasteiger partial charge in [0.25, 0.3) is 0 Å². The van der Waals surface area contributed by atoms with E-state index in [9.17, 15) is 0 Å². The Labute approximate surface area is 123 Å². The van der Waals surface area contributed by atoms with Crippen LogP contribution in [0.1, 0.15) is 5.56 Å². The molecule has 1 aromatic heterocycles. The van der Waals surface area contributed by atoms with Crippen molar-refractivity contribution >= 4 is 28.0 Å². The standard InChI is InChI=1S/C20H14O/c1-2-14-10-12-15(13-11-14)16-7-5-8-18-17-6-3-4-9-19(17)21-20(16)18/h2-13H,1H2. The number of furan rings is 1. The smallest absolute Gasteiger partial charge is 0.143 e. The fraction of sp³-hybridized carbons (Fsp3) is 0. The summed E-state index contributed by atoms with van der Waals surface area (Å²) in [4.78, 5) is 0. The van der Waals surface area contributed by atoms with E-state index < -0.39 is 0 Å². The fourth-order valence-corrected chi connectivity index (χ4v) is 2.77. The summed E-state index contributed by atoms with van der Waals surface area (Å²) in [5, 5.41) is 2.33. The van der Waals surface area contributed by atoms with Crippen molar-refractivity contribution < 1.29 is 4.42 Å². The van der Waals surface area contributed by atoms with E-state index >= 15 is 0 Å². The summed E-state index contributed by atoms with van der Waals surface area (Å²) in [5.74, 6) is 0. The zero-order chi connectivity index (χ0) is 14.2. The van der Waals surface area contributed by atoms with Gasteiger partial charge in [0.2, 0.25) is 0 Å². The first-order chi connectivity index (χ1) is 10.4. The van der Waals surface area contributed by atoms with Crippen molar-refractivity contribution in [1.82, 2.24) is 0 Å². The Morgan fingerprint density at radius 1 is 0.762 bits per heavy atom. The van der Waals surface area contributed by atoms with Gasteiger partial charge in [-0.25, -0.2) is 0 Å². The number of fused-ring (bicyclic) bond motifs is 3. The van der Waals surface area contributed by atoms with Gasteiger partial charge in [-0.3, -0.25) is 0 Å². The minimum atomic E-state index is 0.933. The fourth-order valence-electron chi connectivity index (χ4n) is 2.77. The number of hydrogen-bond acceptors (Lipinski definition) is 1. The maximum atomic E-state index is 6.07. The van der Waals surface area contributed by atoms with Gasteiger partial charge in [-0.05, 0) is 17.2 Å². The molecular formula is C20H14O. The molecule has 4 aromatic rings. The van der Waals surface area contributed by atoms with Crippen LogP contribution >= 0.6 is 0 Å². The third-order valence-electron chi connectivity index (χ3n) is 3.86. The molecule has 0 N–H and O–H groups in total. The Kier molecular flexibility index (Phi) is 2.65. The molecule has 0 aliphatic carbocycles. The number of rotatable bonds is 2. The third-order valence-corrected chi connectivity index (χ3v) is 3.86. The van der Waals surface area contributed by atoms with Gasteiger partial charge in [-0.15, -0.1) is 0 Å².